The van der Waals surface area contributed by atoms with Gasteiger partial charge in [-0.25, -0.2) is 9.59 Å². The van der Waals surface area contributed by atoms with Gasteiger partial charge in [-0.05, 0) is 84.6 Å². The van der Waals surface area contributed by atoms with Gasteiger partial charge < -0.3 is 28.7 Å². The summed E-state index contributed by atoms with van der Waals surface area (Å²) in [5.74, 6) is -2.42. The number of hydrogen-bond acceptors (Lipinski definition) is 11. The summed E-state index contributed by atoms with van der Waals surface area (Å²) >= 11 is 0. The van der Waals surface area contributed by atoms with Gasteiger partial charge in [0.2, 0.25) is 0 Å². The number of Topliss-reactive ketones (excluding diaryl/α,β-unsaturated/α-hetero) is 1. The second-order valence-corrected chi connectivity index (χ2v) is 12.7. The van der Waals surface area contributed by atoms with Crippen LogP contribution >= 0.6 is 0 Å². The van der Waals surface area contributed by atoms with E-state index in [1.165, 1.54) is 43.8 Å². The number of benzene rings is 4. The lowest BCUT2D eigenvalue weighted by Gasteiger charge is -2.25. The van der Waals surface area contributed by atoms with E-state index < -0.39 is 23.9 Å². The van der Waals surface area contributed by atoms with Gasteiger partial charge in [-0.15, -0.1) is 0 Å². The Morgan fingerprint density at radius 2 is 0.911 bits per heavy atom. The molecule has 0 aliphatic carbocycles. The molecule has 0 unspecified atom stereocenters. The monoisotopic (exact) mass is 760 g/mol. The highest BCUT2D eigenvalue weighted by Crippen LogP contribution is 2.20. The highest BCUT2D eigenvalue weighted by molar-refractivity contribution is 5.99. The van der Waals surface area contributed by atoms with Gasteiger partial charge in [0.05, 0.1) is 24.2 Å². The summed E-state index contributed by atoms with van der Waals surface area (Å²) in [5.41, 5.74) is 6.35. The molecule has 292 valence electrons. The zero-order valence-corrected chi connectivity index (χ0v) is 32.3. The number of ether oxygens (including phenoxy) is 4. The largest absolute Gasteiger partial charge is 0.461 e. The molecule has 0 saturated carbocycles. The molecular formula is C45H48N2O9. The van der Waals surface area contributed by atoms with Crippen molar-refractivity contribution in [2.75, 3.05) is 62.4 Å². The van der Waals surface area contributed by atoms with Gasteiger partial charge in [0.15, 0.2) is 12.4 Å². The Labute approximate surface area is 328 Å². The smallest absolute Gasteiger partial charge is 0.338 e. The number of carbonyl (C=O) groups is 5. The van der Waals surface area contributed by atoms with Gasteiger partial charge in [-0.2, -0.15) is 0 Å². The summed E-state index contributed by atoms with van der Waals surface area (Å²) in [7, 11) is 0. The minimum Gasteiger partial charge on any atom is -0.461 e. The molecule has 0 heterocycles. The first-order valence-corrected chi connectivity index (χ1v) is 18.4. The zero-order valence-electron chi connectivity index (χ0n) is 32.3. The lowest BCUT2D eigenvalue weighted by atomic mass is 10.1. The molecule has 0 N–H and O–H groups in total. The van der Waals surface area contributed by atoms with Crippen molar-refractivity contribution in [2.24, 2.45) is 0 Å². The van der Waals surface area contributed by atoms with Crippen LogP contribution in [0.25, 0.3) is 17.7 Å². The molecule has 56 heavy (non-hydrogen) atoms. The normalized spacial score (nSPS) is 10.7. The summed E-state index contributed by atoms with van der Waals surface area (Å²) in [6.45, 7) is 13.0. The van der Waals surface area contributed by atoms with Crippen molar-refractivity contribution in [1.29, 1.82) is 0 Å². The topological polar surface area (TPSA) is 129 Å². The Kier molecular flexibility index (Phi) is 16.2. The molecule has 11 heteroatoms. The lowest BCUT2D eigenvalue weighted by Crippen LogP contribution is -2.32. The molecule has 0 aliphatic rings. The molecular weight excluding hydrogens is 712 g/mol. The van der Waals surface area contributed by atoms with Crippen molar-refractivity contribution in [2.45, 2.75) is 27.7 Å². The van der Waals surface area contributed by atoms with Crippen LogP contribution in [0.4, 0.5) is 11.4 Å². The van der Waals surface area contributed by atoms with Crippen molar-refractivity contribution >= 4 is 58.8 Å². The molecule has 4 aromatic rings. The van der Waals surface area contributed by atoms with Crippen LogP contribution in [0.3, 0.4) is 0 Å². The van der Waals surface area contributed by atoms with Crippen molar-refractivity contribution in [1.82, 2.24) is 0 Å². The van der Waals surface area contributed by atoms with Crippen LogP contribution in [0.15, 0.2) is 104 Å². The maximum Gasteiger partial charge on any atom is 0.338 e. The molecule has 0 saturated heterocycles. The molecule has 0 spiro atoms. The first kappa shape index (κ1) is 42.3. The van der Waals surface area contributed by atoms with E-state index in [2.05, 4.69) is 55.7 Å². The highest BCUT2D eigenvalue weighted by Gasteiger charge is 2.15. The third kappa shape index (κ3) is 13.1. The Morgan fingerprint density at radius 1 is 0.518 bits per heavy atom. The van der Waals surface area contributed by atoms with Gasteiger partial charge >= 0.3 is 23.9 Å². The maximum atomic E-state index is 12.9. The number of rotatable bonds is 20. The quantitative estimate of drug-likeness (QED) is 0.0384. The van der Waals surface area contributed by atoms with Crippen LogP contribution in [-0.4, -0.2) is 82.3 Å². The highest BCUT2D eigenvalue weighted by atomic mass is 16.5. The van der Waals surface area contributed by atoms with E-state index in [1.807, 2.05) is 35.2 Å². The Hall–Kier alpha value is -6.49. The number of esters is 4. The Bertz CT molecular complexity index is 1890. The first-order valence-electron chi connectivity index (χ1n) is 18.4. The first-order chi connectivity index (χ1) is 27.0. The molecule has 11 nitrogen and oxygen atoms in total. The van der Waals surface area contributed by atoms with Gasteiger partial charge in [0.25, 0.3) is 0 Å². The molecule has 4 rings (SSSR count). The average Bonchev–Trinajstić information content (AvgIpc) is 3.21. The second kappa shape index (κ2) is 21.4. The van der Waals surface area contributed by atoms with Gasteiger partial charge in [0.1, 0.15) is 19.8 Å². The molecule has 0 bridgehead atoms. The minimum absolute atomic E-state index is 0.0315. The maximum absolute atomic E-state index is 12.9. The predicted molar refractivity (Wildman–Crippen MR) is 218 cm³/mol. The van der Waals surface area contributed by atoms with Crippen LogP contribution in [0.5, 0.6) is 0 Å². The second-order valence-electron chi connectivity index (χ2n) is 12.7. The number of carbonyl (C=O) groups excluding carboxylic acids is 5. The van der Waals surface area contributed by atoms with E-state index in [-0.39, 0.29) is 37.8 Å². The fourth-order valence-corrected chi connectivity index (χ4v) is 5.56. The summed E-state index contributed by atoms with van der Waals surface area (Å²) in [6, 6.07) is 28.9. The molecule has 0 amide bonds. The van der Waals surface area contributed by atoms with E-state index in [4.69, 9.17) is 18.9 Å². The van der Waals surface area contributed by atoms with E-state index in [9.17, 15) is 24.0 Å². The van der Waals surface area contributed by atoms with Crippen molar-refractivity contribution < 1.29 is 42.9 Å². The third-order valence-electron chi connectivity index (χ3n) is 8.76. The van der Waals surface area contributed by atoms with Crippen LogP contribution in [0.2, 0.25) is 0 Å². The van der Waals surface area contributed by atoms with E-state index in [0.29, 0.717) is 29.8 Å². The summed E-state index contributed by atoms with van der Waals surface area (Å²) < 4.78 is 20.9. The van der Waals surface area contributed by atoms with Crippen LogP contribution in [-0.2, 0) is 28.5 Å². The Morgan fingerprint density at radius 3 is 1.34 bits per heavy atom. The number of hydrogen-bond donors (Lipinski definition) is 0. The molecule has 0 atom stereocenters. The van der Waals surface area contributed by atoms with E-state index >= 15 is 0 Å². The SMILES string of the molecule is C=C(COC(C)=O)c1ccc(C(=O)OCCN(CCOC(=O)c2ccc(C(=O)COC(C)=O)cc2)c2ccc(/C=C/c3ccc(N(CC)CC)cc3)cc2)cc1. The van der Waals surface area contributed by atoms with Crippen molar-refractivity contribution in [3.8, 4) is 0 Å². The number of ketones is 1. The average molecular weight is 761 g/mol. The minimum atomic E-state index is -0.569. The van der Waals surface area contributed by atoms with Crippen molar-refractivity contribution in [3.63, 3.8) is 0 Å². The van der Waals surface area contributed by atoms with Crippen LogP contribution in [0.1, 0.15) is 75.5 Å². The Balaban J connectivity index is 1.39. The lowest BCUT2D eigenvalue weighted by molar-refractivity contribution is -0.140. The van der Waals surface area contributed by atoms with E-state index in [1.54, 1.807) is 24.3 Å². The molecule has 0 fully saturated rings. The predicted octanol–water partition coefficient (Wildman–Crippen LogP) is 7.55. The number of anilines is 2. The molecule has 4 aromatic carbocycles. The zero-order chi connectivity index (χ0) is 40.5. The summed E-state index contributed by atoms with van der Waals surface area (Å²) in [5, 5.41) is 0. The standard InChI is InChI=1S/C45H48N2O9/c1-6-46(7-2)41-22-10-35(11-23-41)8-9-36-12-24-42(25-13-36)47(26-28-53-44(51)39-18-14-37(15-19-39)32(3)30-55-33(4)48)27-29-54-45(52)40-20-16-38(17-21-40)43(50)31-56-34(5)49/h8-25H,3,6-7,26-31H2,1-2,4-5H3/b9-8+. The van der Waals surface area contributed by atoms with Gasteiger partial charge in [-0.1, -0.05) is 67.3 Å². The fraction of sp³-hybridized carbons (Fsp3) is 0.267. The summed E-state index contributed by atoms with van der Waals surface area (Å²) in [4.78, 5) is 64.4. The molecule has 0 aromatic heterocycles. The van der Waals surface area contributed by atoms with Crippen molar-refractivity contribution in [3.05, 3.63) is 137 Å². The van der Waals surface area contributed by atoms with Crippen LogP contribution in [0, 0.1) is 0 Å². The van der Waals surface area contributed by atoms with Crippen LogP contribution < -0.4 is 9.80 Å². The summed E-state index contributed by atoms with van der Waals surface area (Å²) in [6.07, 6.45) is 4.10. The van der Waals surface area contributed by atoms with E-state index in [0.717, 1.165) is 35.5 Å². The van der Waals surface area contributed by atoms with Gasteiger partial charge in [-0.3, -0.25) is 14.4 Å². The molecule has 0 aliphatic heterocycles. The third-order valence-corrected chi connectivity index (χ3v) is 8.76. The van der Waals surface area contributed by atoms with Gasteiger partial charge in [0, 0.05) is 43.9 Å². The fourth-order valence-electron chi connectivity index (χ4n) is 5.56. The number of nitrogens with zero attached hydrogens (tertiary/aromatic N) is 2. The molecule has 0 radical (unpaired) electrons.